The molecule has 1 N–H and O–H groups in total. The molecule has 6 heteroatoms. The maximum absolute atomic E-state index is 14.4. The zero-order valence-corrected chi connectivity index (χ0v) is 15.9. The zero-order valence-electron chi connectivity index (χ0n) is 15.1. The fourth-order valence-electron chi connectivity index (χ4n) is 2.99. The third kappa shape index (κ3) is 2.80. The summed E-state index contributed by atoms with van der Waals surface area (Å²) in [7, 11) is 1.66. The zero-order chi connectivity index (χ0) is 18.5. The van der Waals surface area contributed by atoms with Crippen LogP contribution in [0.25, 0.3) is 26.4 Å². The average Bonchev–Trinajstić information content (AvgIpc) is 3.10. The first-order valence-corrected chi connectivity index (χ1v) is 9.21. The summed E-state index contributed by atoms with van der Waals surface area (Å²) in [4.78, 5) is 5.58. The highest BCUT2D eigenvalue weighted by atomic mass is 32.1. The molecule has 4 aromatic rings. The maximum Gasteiger partial charge on any atom is 0.197 e. The van der Waals surface area contributed by atoms with Crippen molar-refractivity contribution in [3.63, 3.8) is 0 Å². The van der Waals surface area contributed by atoms with Gasteiger partial charge in [0.2, 0.25) is 0 Å². The van der Waals surface area contributed by atoms with Crippen molar-refractivity contribution in [3.8, 4) is 17.0 Å². The van der Waals surface area contributed by atoms with Crippen LogP contribution < -0.4 is 10.1 Å². The van der Waals surface area contributed by atoms with Crippen LogP contribution in [0.1, 0.15) is 20.8 Å². The molecule has 0 aliphatic carbocycles. The van der Waals surface area contributed by atoms with Crippen LogP contribution >= 0.6 is 11.3 Å². The molecule has 0 amide bonds. The first kappa shape index (κ1) is 16.8. The Balaban J connectivity index is 2.03. The van der Waals surface area contributed by atoms with Gasteiger partial charge in [0.05, 0.1) is 17.3 Å². The number of hydrogen-bond acceptors (Lipinski definition) is 4. The van der Waals surface area contributed by atoms with E-state index in [-0.39, 0.29) is 11.4 Å². The molecule has 2 aromatic carbocycles. The smallest absolute Gasteiger partial charge is 0.197 e. The van der Waals surface area contributed by atoms with Gasteiger partial charge in [0.1, 0.15) is 23.1 Å². The fraction of sp³-hybridized carbons (Fsp3) is 0.250. The third-order valence-corrected chi connectivity index (χ3v) is 5.08. The SMILES string of the molecule is COc1ccc2c(c1)sc1nc(-c3ccccc3F)c(NC(C)(C)C)n12. The predicted molar refractivity (Wildman–Crippen MR) is 106 cm³/mol. The second kappa shape index (κ2) is 5.99. The van der Waals surface area contributed by atoms with E-state index in [4.69, 9.17) is 9.72 Å². The van der Waals surface area contributed by atoms with E-state index in [1.165, 1.54) is 6.07 Å². The van der Waals surface area contributed by atoms with Crippen molar-refractivity contribution in [1.82, 2.24) is 9.38 Å². The number of ether oxygens (including phenoxy) is 1. The number of anilines is 1. The summed E-state index contributed by atoms with van der Waals surface area (Å²) in [6, 6.07) is 12.7. The number of benzene rings is 2. The highest BCUT2D eigenvalue weighted by Crippen LogP contribution is 2.38. The monoisotopic (exact) mass is 369 g/mol. The number of fused-ring (bicyclic) bond motifs is 3. The topological polar surface area (TPSA) is 38.6 Å². The Bertz CT molecular complexity index is 1110. The second-order valence-corrected chi connectivity index (χ2v) is 8.23. The van der Waals surface area contributed by atoms with Crippen LogP contribution in [0.5, 0.6) is 5.75 Å². The number of aromatic nitrogens is 2. The van der Waals surface area contributed by atoms with Crippen molar-refractivity contribution >= 4 is 32.3 Å². The molecule has 0 radical (unpaired) electrons. The van der Waals surface area contributed by atoms with Crippen LogP contribution in [0.15, 0.2) is 42.5 Å². The van der Waals surface area contributed by atoms with Crippen LogP contribution in [-0.2, 0) is 0 Å². The molecule has 2 aromatic heterocycles. The van der Waals surface area contributed by atoms with E-state index in [1.54, 1.807) is 30.6 Å². The molecule has 2 heterocycles. The summed E-state index contributed by atoms with van der Waals surface area (Å²) in [6.45, 7) is 6.24. The summed E-state index contributed by atoms with van der Waals surface area (Å²) in [6.07, 6.45) is 0. The number of rotatable bonds is 3. The number of methoxy groups -OCH3 is 1. The van der Waals surface area contributed by atoms with Crippen molar-refractivity contribution in [2.75, 3.05) is 12.4 Å². The molecular formula is C20H20FN3OS. The summed E-state index contributed by atoms with van der Waals surface area (Å²) < 4.78 is 22.9. The van der Waals surface area contributed by atoms with Gasteiger partial charge in [-0.1, -0.05) is 23.5 Å². The van der Waals surface area contributed by atoms with Crippen LogP contribution in [-0.4, -0.2) is 22.0 Å². The average molecular weight is 369 g/mol. The van der Waals surface area contributed by atoms with Crippen LogP contribution in [0, 0.1) is 5.82 Å². The normalized spacial score (nSPS) is 12.0. The van der Waals surface area contributed by atoms with Gasteiger partial charge in [0.25, 0.3) is 0 Å². The summed E-state index contributed by atoms with van der Waals surface area (Å²) in [5.41, 5.74) is 1.95. The lowest BCUT2D eigenvalue weighted by atomic mass is 10.1. The first-order chi connectivity index (χ1) is 12.4. The highest BCUT2D eigenvalue weighted by molar-refractivity contribution is 7.23. The minimum Gasteiger partial charge on any atom is -0.497 e. The van der Waals surface area contributed by atoms with Crippen molar-refractivity contribution in [3.05, 3.63) is 48.3 Å². The Morgan fingerprint density at radius 2 is 1.92 bits per heavy atom. The molecular weight excluding hydrogens is 349 g/mol. The Kier molecular flexibility index (Phi) is 3.88. The minimum atomic E-state index is -0.277. The Morgan fingerprint density at radius 1 is 1.15 bits per heavy atom. The molecule has 4 rings (SSSR count). The highest BCUT2D eigenvalue weighted by Gasteiger charge is 2.23. The van der Waals surface area contributed by atoms with Gasteiger partial charge in [-0.2, -0.15) is 0 Å². The number of thiazole rings is 1. The number of imidazole rings is 1. The molecule has 0 unspecified atom stereocenters. The van der Waals surface area contributed by atoms with Gasteiger partial charge in [0, 0.05) is 11.1 Å². The standard InChI is InChI=1S/C20H20FN3OS/c1-20(2,3)23-18-17(13-7-5-6-8-14(13)21)22-19-24(18)15-10-9-12(25-4)11-16(15)26-19/h5-11,23H,1-4H3. The Morgan fingerprint density at radius 3 is 2.62 bits per heavy atom. The molecule has 0 aliphatic heterocycles. The van der Waals surface area contributed by atoms with E-state index in [9.17, 15) is 4.39 Å². The summed E-state index contributed by atoms with van der Waals surface area (Å²) in [5, 5.41) is 3.51. The van der Waals surface area contributed by atoms with Crippen molar-refractivity contribution in [2.45, 2.75) is 26.3 Å². The molecule has 0 saturated carbocycles. The summed E-state index contributed by atoms with van der Waals surface area (Å²) >= 11 is 1.56. The minimum absolute atomic E-state index is 0.198. The van der Waals surface area contributed by atoms with Gasteiger partial charge in [-0.25, -0.2) is 9.37 Å². The lowest BCUT2D eigenvalue weighted by molar-refractivity contribution is 0.415. The van der Waals surface area contributed by atoms with Crippen molar-refractivity contribution < 1.29 is 9.13 Å². The van der Waals surface area contributed by atoms with Crippen LogP contribution in [0.2, 0.25) is 0 Å². The molecule has 0 fully saturated rings. The second-order valence-electron chi connectivity index (χ2n) is 7.22. The maximum atomic E-state index is 14.4. The lowest BCUT2D eigenvalue weighted by Gasteiger charge is -2.22. The van der Waals surface area contributed by atoms with Gasteiger partial charge in [-0.05, 0) is 51.1 Å². The fourth-order valence-corrected chi connectivity index (χ4v) is 4.04. The van der Waals surface area contributed by atoms with E-state index >= 15 is 0 Å². The molecule has 0 spiro atoms. The van der Waals surface area contributed by atoms with Crippen LogP contribution in [0.4, 0.5) is 10.2 Å². The molecule has 4 nitrogen and oxygen atoms in total. The van der Waals surface area contributed by atoms with E-state index in [1.807, 2.05) is 24.3 Å². The molecule has 134 valence electrons. The van der Waals surface area contributed by atoms with Crippen molar-refractivity contribution in [2.24, 2.45) is 0 Å². The van der Waals surface area contributed by atoms with E-state index in [0.717, 1.165) is 26.7 Å². The molecule has 26 heavy (non-hydrogen) atoms. The van der Waals surface area contributed by atoms with Gasteiger partial charge >= 0.3 is 0 Å². The number of nitrogens with one attached hydrogen (secondary N) is 1. The molecule has 0 bridgehead atoms. The molecule has 0 saturated heterocycles. The van der Waals surface area contributed by atoms with E-state index in [2.05, 4.69) is 30.5 Å². The van der Waals surface area contributed by atoms with Gasteiger partial charge < -0.3 is 10.1 Å². The largest absolute Gasteiger partial charge is 0.497 e. The van der Waals surface area contributed by atoms with E-state index in [0.29, 0.717) is 11.3 Å². The summed E-state index contributed by atoms with van der Waals surface area (Å²) in [5.74, 6) is 1.33. The first-order valence-electron chi connectivity index (χ1n) is 8.39. The number of hydrogen-bond donors (Lipinski definition) is 1. The quantitative estimate of drug-likeness (QED) is 0.513. The Labute approximate surface area is 155 Å². The van der Waals surface area contributed by atoms with E-state index < -0.39 is 0 Å². The van der Waals surface area contributed by atoms with Crippen LogP contribution in [0.3, 0.4) is 0 Å². The number of nitrogens with zero attached hydrogens (tertiary/aromatic N) is 2. The molecule has 0 atom stereocenters. The van der Waals surface area contributed by atoms with Gasteiger partial charge in [-0.3, -0.25) is 4.40 Å². The Hall–Kier alpha value is -2.60. The predicted octanol–water partition coefficient (Wildman–Crippen LogP) is 5.57. The van der Waals surface area contributed by atoms with Crippen molar-refractivity contribution in [1.29, 1.82) is 0 Å². The lowest BCUT2D eigenvalue weighted by Crippen LogP contribution is -2.27. The third-order valence-electron chi connectivity index (χ3n) is 4.08. The number of halogens is 1. The van der Waals surface area contributed by atoms with Gasteiger partial charge in [-0.15, -0.1) is 0 Å². The molecule has 0 aliphatic rings. The van der Waals surface area contributed by atoms with Gasteiger partial charge in [0.15, 0.2) is 4.96 Å².